The summed E-state index contributed by atoms with van der Waals surface area (Å²) in [5.41, 5.74) is -2.11. The van der Waals surface area contributed by atoms with Crippen LogP contribution in [0.4, 0.5) is 24.8 Å². The lowest BCUT2D eigenvalue weighted by Crippen LogP contribution is -2.51. The predicted octanol–water partition coefficient (Wildman–Crippen LogP) is 3.57. The molecule has 6 rings (SSSR count). The molecule has 3 N–H and O–H groups in total. The van der Waals surface area contributed by atoms with E-state index < -0.39 is 33.1 Å². The third-order valence-corrected chi connectivity index (χ3v) is 9.48. The van der Waals surface area contributed by atoms with Crippen molar-refractivity contribution in [3.05, 3.63) is 48.2 Å². The van der Waals surface area contributed by atoms with Crippen LogP contribution in [0, 0.1) is 5.41 Å². The Hall–Kier alpha value is -3.92. The highest BCUT2D eigenvalue weighted by Gasteiger charge is 2.62. The van der Waals surface area contributed by atoms with Gasteiger partial charge in [0, 0.05) is 17.8 Å². The maximum atomic E-state index is 13.5. The van der Waals surface area contributed by atoms with Crippen LogP contribution in [0.2, 0.25) is 0 Å². The van der Waals surface area contributed by atoms with Crippen LogP contribution in [0.15, 0.2) is 47.6 Å². The second-order valence-corrected chi connectivity index (χ2v) is 13.2. The van der Waals surface area contributed by atoms with Crippen molar-refractivity contribution >= 4 is 27.6 Å². The molecule has 0 aromatic carbocycles. The molecular weight excluding hydrogens is 589 g/mol. The van der Waals surface area contributed by atoms with Gasteiger partial charge in [0.2, 0.25) is 5.88 Å². The Morgan fingerprint density at radius 2 is 1.88 bits per heavy atom. The Bertz CT molecular complexity index is 1660. The van der Waals surface area contributed by atoms with Crippen molar-refractivity contribution in [1.29, 1.82) is 0 Å². The highest BCUT2D eigenvalue weighted by Crippen LogP contribution is 2.59. The largest absolute Gasteiger partial charge is 0.477 e. The molecule has 3 aromatic heterocycles. The number of rotatable bonds is 5. The Balaban J connectivity index is 1.32. The van der Waals surface area contributed by atoms with Crippen LogP contribution in [0.25, 0.3) is 5.82 Å². The number of hydrogen-bond donors (Lipinski definition) is 3. The van der Waals surface area contributed by atoms with Crippen molar-refractivity contribution in [1.82, 2.24) is 29.8 Å². The van der Waals surface area contributed by atoms with Gasteiger partial charge in [0.05, 0.1) is 30.4 Å². The number of carbonyl (C=O) groups excluding carboxylic acids is 1. The van der Waals surface area contributed by atoms with Crippen molar-refractivity contribution in [2.45, 2.75) is 68.9 Å². The topological polar surface area (TPSA) is 143 Å². The van der Waals surface area contributed by atoms with Gasteiger partial charge in [0.25, 0.3) is 15.9 Å². The Labute approximate surface area is 246 Å². The highest BCUT2D eigenvalue weighted by atomic mass is 32.2. The first kappa shape index (κ1) is 29.2. The third kappa shape index (κ3) is 5.60. The number of amides is 1. The fourth-order valence-electron chi connectivity index (χ4n) is 5.56. The van der Waals surface area contributed by atoms with E-state index in [0.717, 1.165) is 6.42 Å². The molecule has 0 spiro atoms. The van der Waals surface area contributed by atoms with E-state index in [1.165, 1.54) is 35.0 Å². The third-order valence-electron chi connectivity index (χ3n) is 8.24. The summed E-state index contributed by atoms with van der Waals surface area (Å²) in [7, 11) is -4.31. The van der Waals surface area contributed by atoms with E-state index in [-0.39, 0.29) is 61.0 Å². The second-order valence-electron chi connectivity index (χ2n) is 11.6. The van der Waals surface area contributed by atoms with E-state index in [2.05, 4.69) is 25.4 Å². The van der Waals surface area contributed by atoms with Gasteiger partial charge in [0.1, 0.15) is 11.6 Å². The summed E-state index contributed by atoms with van der Waals surface area (Å²) >= 11 is 0. The predicted molar refractivity (Wildman–Crippen MR) is 149 cm³/mol. The average Bonchev–Trinajstić information content (AvgIpc) is 3.49. The van der Waals surface area contributed by atoms with Crippen molar-refractivity contribution in [3.8, 4) is 11.7 Å². The van der Waals surface area contributed by atoms with Crippen LogP contribution in [0.5, 0.6) is 5.88 Å². The maximum Gasteiger partial charge on any atom is 0.394 e. The summed E-state index contributed by atoms with van der Waals surface area (Å²) in [5, 5.41) is 10.5. The monoisotopic (exact) mass is 620 g/mol. The summed E-state index contributed by atoms with van der Waals surface area (Å²) in [4.78, 5) is 24.4. The number of fused-ring (bicyclic) bond motifs is 5. The van der Waals surface area contributed by atoms with Gasteiger partial charge in [-0.1, -0.05) is 6.07 Å². The smallest absolute Gasteiger partial charge is 0.394 e. The zero-order valence-electron chi connectivity index (χ0n) is 23.5. The molecular formula is C27H31F3N8O4S. The zero-order chi connectivity index (χ0) is 30.6. The Kier molecular flexibility index (Phi) is 7.03. The standard InChI is InChI=1S/C27H31F3N8O4S/c1-25(2)10-8-19-32-16-31-18-4-3-5-22(33-18)43(40,41)36-24(39)17-6-7-20(34-23(17)38(19)25)37-14-9-21(35-37)42-15-13-26(11-12-26)27(28,29)30/h3-7,9,14,19,32H,8,10-13,15-16H2,1-2H3,(H,31,33)(H,36,39). The van der Waals surface area contributed by atoms with Crippen LogP contribution in [-0.4, -0.2) is 65.2 Å². The summed E-state index contributed by atoms with van der Waals surface area (Å²) in [5.74, 6) is 0.122. The molecule has 2 bridgehead atoms. The summed E-state index contributed by atoms with van der Waals surface area (Å²) in [6.45, 7) is 4.14. The molecule has 16 heteroatoms. The first-order valence-electron chi connectivity index (χ1n) is 13.9. The fraction of sp³-hybridized carbons (Fsp3) is 0.481. The normalized spacial score (nSPS) is 22.1. The number of pyridine rings is 2. The van der Waals surface area contributed by atoms with Gasteiger partial charge < -0.3 is 15.0 Å². The summed E-state index contributed by atoms with van der Waals surface area (Å²) in [6, 6.07) is 8.95. The molecule has 3 aliphatic rings. The number of aromatic nitrogens is 4. The molecule has 3 aromatic rings. The van der Waals surface area contributed by atoms with Crippen molar-refractivity contribution in [3.63, 3.8) is 0 Å². The van der Waals surface area contributed by atoms with Crippen molar-refractivity contribution < 1.29 is 31.1 Å². The molecule has 1 saturated heterocycles. The molecule has 1 amide bonds. The molecule has 2 aliphatic heterocycles. The van der Waals surface area contributed by atoms with Gasteiger partial charge in [-0.25, -0.2) is 19.4 Å². The molecule has 12 nitrogen and oxygen atoms in total. The summed E-state index contributed by atoms with van der Waals surface area (Å²) < 4.78 is 75.0. The Morgan fingerprint density at radius 3 is 2.63 bits per heavy atom. The van der Waals surface area contributed by atoms with E-state index in [9.17, 15) is 26.4 Å². The maximum absolute atomic E-state index is 13.5. The highest BCUT2D eigenvalue weighted by molar-refractivity contribution is 7.90. The number of nitrogens with zero attached hydrogens (tertiary/aromatic N) is 5. The molecule has 43 heavy (non-hydrogen) atoms. The van der Waals surface area contributed by atoms with Gasteiger partial charge >= 0.3 is 6.18 Å². The van der Waals surface area contributed by atoms with Crippen LogP contribution >= 0.6 is 0 Å². The lowest BCUT2D eigenvalue weighted by molar-refractivity contribution is -0.190. The lowest BCUT2D eigenvalue weighted by atomic mass is 10.0. The Morgan fingerprint density at radius 1 is 1.09 bits per heavy atom. The molecule has 2 fully saturated rings. The number of halogens is 3. The molecule has 1 unspecified atom stereocenters. The summed E-state index contributed by atoms with van der Waals surface area (Å²) in [6.07, 6.45) is -1.45. The van der Waals surface area contributed by atoms with E-state index in [0.29, 0.717) is 18.1 Å². The number of alkyl halides is 3. The molecule has 1 atom stereocenters. The number of carbonyl (C=O) groups is 1. The minimum Gasteiger partial charge on any atom is -0.477 e. The fourth-order valence-corrected chi connectivity index (χ4v) is 6.49. The van der Waals surface area contributed by atoms with Crippen LogP contribution in [-0.2, 0) is 10.0 Å². The molecule has 1 saturated carbocycles. The number of ether oxygens (including phenoxy) is 1. The lowest BCUT2D eigenvalue weighted by Gasteiger charge is -2.38. The quantitative estimate of drug-likeness (QED) is 0.387. The second kappa shape index (κ2) is 10.4. The van der Waals surface area contributed by atoms with E-state index >= 15 is 0 Å². The number of hydrogen-bond acceptors (Lipinski definition) is 10. The molecule has 0 radical (unpaired) electrons. The number of sulfonamides is 1. The minimum atomic E-state index is -4.31. The van der Waals surface area contributed by atoms with Gasteiger partial charge in [-0.3, -0.25) is 10.1 Å². The minimum absolute atomic E-state index is 0.0305. The SMILES string of the molecule is CC1(C)CCC2NCNc3cccc(n3)S(=O)(=O)NC(=O)c3ccc(-n4ccc(OCCC5(C(F)(F)F)CC5)n4)nc3N21. The van der Waals surface area contributed by atoms with E-state index in [1.807, 2.05) is 18.7 Å². The van der Waals surface area contributed by atoms with Crippen molar-refractivity contribution in [2.24, 2.45) is 5.41 Å². The molecule has 1 aliphatic carbocycles. The van der Waals surface area contributed by atoms with Crippen LogP contribution in [0.1, 0.15) is 56.3 Å². The van der Waals surface area contributed by atoms with E-state index in [4.69, 9.17) is 9.72 Å². The van der Waals surface area contributed by atoms with Gasteiger partial charge in [0.15, 0.2) is 10.8 Å². The zero-order valence-corrected chi connectivity index (χ0v) is 24.3. The van der Waals surface area contributed by atoms with Gasteiger partial charge in [-0.15, -0.1) is 5.10 Å². The van der Waals surface area contributed by atoms with E-state index in [1.54, 1.807) is 12.3 Å². The number of anilines is 2. The van der Waals surface area contributed by atoms with Crippen molar-refractivity contribution in [2.75, 3.05) is 23.5 Å². The van der Waals surface area contributed by atoms with Gasteiger partial charge in [-0.2, -0.15) is 21.6 Å². The molecule has 230 valence electrons. The first-order chi connectivity index (χ1) is 20.3. The van der Waals surface area contributed by atoms with Gasteiger partial charge in [-0.05, 0) is 70.2 Å². The number of nitrogens with one attached hydrogen (secondary N) is 3. The average molecular weight is 621 g/mol. The molecule has 5 heterocycles. The van der Waals surface area contributed by atoms with Crippen LogP contribution < -0.4 is 25.0 Å². The van der Waals surface area contributed by atoms with Crippen LogP contribution in [0.3, 0.4) is 0 Å². The first-order valence-corrected chi connectivity index (χ1v) is 15.3.